The molecule has 0 spiro atoms. The van der Waals surface area contributed by atoms with Gasteiger partial charge in [0.2, 0.25) is 0 Å². The summed E-state index contributed by atoms with van der Waals surface area (Å²) in [5.41, 5.74) is 1.01. The lowest BCUT2D eigenvalue weighted by atomic mass is 9.83. The first kappa shape index (κ1) is 11.0. The third-order valence-electron chi connectivity index (χ3n) is 2.12. The summed E-state index contributed by atoms with van der Waals surface area (Å²) in [4.78, 5) is 0. The highest BCUT2D eigenvalue weighted by atomic mass is 16.5. The van der Waals surface area contributed by atoms with E-state index in [-0.39, 0.29) is 11.2 Å². The highest BCUT2D eigenvalue weighted by molar-refractivity contribution is 5.39. The van der Waals surface area contributed by atoms with Crippen LogP contribution in [0.3, 0.4) is 0 Å². The molecule has 1 rings (SSSR count). The number of aliphatic hydroxyl groups is 2. The van der Waals surface area contributed by atoms with E-state index in [1.165, 1.54) is 6.07 Å². The summed E-state index contributed by atoms with van der Waals surface area (Å²) in [6.07, 6.45) is -1.55. The summed E-state index contributed by atoms with van der Waals surface area (Å²) in [6.45, 7) is 5.93. The van der Waals surface area contributed by atoms with E-state index in [9.17, 15) is 5.11 Å². The van der Waals surface area contributed by atoms with Gasteiger partial charge in [0.15, 0.2) is 6.29 Å². The molecule has 0 saturated carbocycles. The quantitative estimate of drug-likeness (QED) is 0.599. The molecule has 78 valence electrons. The summed E-state index contributed by atoms with van der Waals surface area (Å²) in [7, 11) is 0. The molecular weight excluding hydrogens is 180 g/mol. The van der Waals surface area contributed by atoms with Crippen molar-refractivity contribution in [2.24, 2.45) is 0 Å². The molecule has 0 unspecified atom stereocenters. The second kappa shape index (κ2) is 3.59. The van der Waals surface area contributed by atoms with Gasteiger partial charge in [-0.3, -0.25) is 0 Å². The standard InChI is InChI=1S/C11H16O3/c1-11(2,3)9-5-4-7(12)6-8(9)10(13)14/h4-6,10,12-14H,1-3H3. The van der Waals surface area contributed by atoms with E-state index in [4.69, 9.17) is 10.2 Å². The zero-order valence-electron chi connectivity index (χ0n) is 8.65. The van der Waals surface area contributed by atoms with Crippen LogP contribution < -0.4 is 0 Å². The van der Waals surface area contributed by atoms with Crippen LogP contribution in [0.1, 0.15) is 38.2 Å². The number of benzene rings is 1. The average molecular weight is 196 g/mol. The molecule has 3 N–H and O–H groups in total. The van der Waals surface area contributed by atoms with Gasteiger partial charge < -0.3 is 15.3 Å². The first-order chi connectivity index (χ1) is 6.32. The summed E-state index contributed by atoms with van der Waals surface area (Å²) in [5, 5.41) is 27.5. The minimum Gasteiger partial charge on any atom is -0.508 e. The number of hydrogen-bond donors (Lipinski definition) is 3. The first-order valence-electron chi connectivity index (χ1n) is 4.52. The topological polar surface area (TPSA) is 60.7 Å². The highest BCUT2D eigenvalue weighted by Gasteiger charge is 2.20. The number of aliphatic hydroxyl groups excluding tert-OH is 1. The molecule has 0 fully saturated rings. The van der Waals surface area contributed by atoms with Crippen molar-refractivity contribution in [1.82, 2.24) is 0 Å². The van der Waals surface area contributed by atoms with Gasteiger partial charge in [0.1, 0.15) is 5.75 Å². The Morgan fingerprint density at radius 1 is 1.14 bits per heavy atom. The minimum absolute atomic E-state index is 0.0427. The second-order valence-electron chi connectivity index (χ2n) is 4.40. The van der Waals surface area contributed by atoms with E-state index in [1.807, 2.05) is 20.8 Å². The van der Waals surface area contributed by atoms with Crippen molar-refractivity contribution < 1.29 is 15.3 Å². The van der Waals surface area contributed by atoms with Crippen LogP contribution in [0.25, 0.3) is 0 Å². The molecule has 0 radical (unpaired) electrons. The lowest BCUT2D eigenvalue weighted by Crippen LogP contribution is -2.15. The Bertz CT molecular complexity index is 324. The third kappa shape index (κ3) is 2.25. The van der Waals surface area contributed by atoms with E-state index < -0.39 is 6.29 Å². The Morgan fingerprint density at radius 3 is 2.14 bits per heavy atom. The molecule has 0 aliphatic rings. The molecule has 0 atom stereocenters. The molecular formula is C11H16O3. The number of aromatic hydroxyl groups is 1. The smallest absolute Gasteiger partial charge is 0.178 e. The molecule has 0 heterocycles. The Balaban J connectivity index is 3.29. The predicted octanol–water partition coefficient (Wildman–Crippen LogP) is 1.67. The SMILES string of the molecule is CC(C)(C)c1ccc(O)cc1C(O)O. The zero-order valence-corrected chi connectivity index (χ0v) is 8.65. The van der Waals surface area contributed by atoms with Crippen LogP contribution in [0.2, 0.25) is 0 Å². The average Bonchev–Trinajstić information content (AvgIpc) is 2.01. The molecule has 0 amide bonds. The van der Waals surface area contributed by atoms with Crippen LogP contribution in [0, 0.1) is 0 Å². The fraction of sp³-hybridized carbons (Fsp3) is 0.455. The van der Waals surface area contributed by atoms with E-state index in [1.54, 1.807) is 12.1 Å². The van der Waals surface area contributed by atoms with Gasteiger partial charge in [0.05, 0.1) is 0 Å². The van der Waals surface area contributed by atoms with Crippen molar-refractivity contribution >= 4 is 0 Å². The molecule has 1 aromatic rings. The fourth-order valence-corrected chi connectivity index (χ4v) is 1.45. The number of phenolic OH excluding ortho intramolecular Hbond substituents is 1. The molecule has 1 aromatic carbocycles. The van der Waals surface area contributed by atoms with Gasteiger partial charge in [0, 0.05) is 5.56 Å². The highest BCUT2D eigenvalue weighted by Crippen LogP contribution is 2.31. The fourth-order valence-electron chi connectivity index (χ4n) is 1.45. The van der Waals surface area contributed by atoms with Crippen LogP contribution >= 0.6 is 0 Å². The largest absolute Gasteiger partial charge is 0.508 e. The van der Waals surface area contributed by atoms with Crippen LogP contribution in [0.15, 0.2) is 18.2 Å². The first-order valence-corrected chi connectivity index (χ1v) is 4.52. The van der Waals surface area contributed by atoms with Crippen molar-refractivity contribution in [3.63, 3.8) is 0 Å². The van der Waals surface area contributed by atoms with Crippen molar-refractivity contribution in [2.45, 2.75) is 32.5 Å². The molecule has 3 nitrogen and oxygen atoms in total. The Labute approximate surface area is 83.6 Å². The van der Waals surface area contributed by atoms with Gasteiger partial charge >= 0.3 is 0 Å². The van der Waals surface area contributed by atoms with Gasteiger partial charge in [-0.15, -0.1) is 0 Å². The molecule has 0 aliphatic heterocycles. The predicted molar refractivity (Wildman–Crippen MR) is 54.0 cm³/mol. The number of hydrogen-bond acceptors (Lipinski definition) is 3. The molecule has 0 bridgehead atoms. The number of rotatable bonds is 1. The van der Waals surface area contributed by atoms with E-state index in [0.29, 0.717) is 5.56 Å². The van der Waals surface area contributed by atoms with Crippen LogP contribution in [-0.4, -0.2) is 15.3 Å². The normalized spacial score (nSPS) is 12.1. The lowest BCUT2D eigenvalue weighted by molar-refractivity contribution is -0.0437. The van der Waals surface area contributed by atoms with E-state index in [2.05, 4.69) is 0 Å². The van der Waals surface area contributed by atoms with Crippen molar-refractivity contribution in [3.8, 4) is 5.75 Å². The summed E-state index contributed by atoms with van der Waals surface area (Å²) in [6, 6.07) is 4.64. The molecule has 0 aliphatic carbocycles. The molecule has 0 saturated heterocycles. The maximum Gasteiger partial charge on any atom is 0.178 e. The molecule has 3 heteroatoms. The van der Waals surface area contributed by atoms with Gasteiger partial charge in [-0.25, -0.2) is 0 Å². The lowest BCUT2D eigenvalue weighted by Gasteiger charge is -2.23. The van der Waals surface area contributed by atoms with Gasteiger partial charge in [-0.2, -0.15) is 0 Å². The number of phenols is 1. The third-order valence-corrected chi connectivity index (χ3v) is 2.12. The van der Waals surface area contributed by atoms with Crippen LogP contribution in [0.4, 0.5) is 0 Å². The summed E-state index contributed by atoms with van der Waals surface area (Å²) >= 11 is 0. The van der Waals surface area contributed by atoms with Crippen molar-refractivity contribution in [2.75, 3.05) is 0 Å². The Hall–Kier alpha value is -1.06. The van der Waals surface area contributed by atoms with Gasteiger partial charge in [-0.1, -0.05) is 26.8 Å². The van der Waals surface area contributed by atoms with Crippen LogP contribution in [0.5, 0.6) is 5.75 Å². The Morgan fingerprint density at radius 2 is 1.71 bits per heavy atom. The molecule has 14 heavy (non-hydrogen) atoms. The monoisotopic (exact) mass is 196 g/mol. The van der Waals surface area contributed by atoms with Gasteiger partial charge in [-0.05, 0) is 23.1 Å². The maximum absolute atomic E-state index is 9.23. The second-order valence-corrected chi connectivity index (χ2v) is 4.40. The van der Waals surface area contributed by atoms with E-state index >= 15 is 0 Å². The van der Waals surface area contributed by atoms with Crippen molar-refractivity contribution in [1.29, 1.82) is 0 Å². The van der Waals surface area contributed by atoms with Crippen LogP contribution in [-0.2, 0) is 5.41 Å². The molecule has 0 aromatic heterocycles. The van der Waals surface area contributed by atoms with Crippen molar-refractivity contribution in [3.05, 3.63) is 29.3 Å². The van der Waals surface area contributed by atoms with E-state index in [0.717, 1.165) is 5.56 Å². The zero-order chi connectivity index (χ0) is 10.9. The summed E-state index contributed by atoms with van der Waals surface area (Å²) < 4.78 is 0. The maximum atomic E-state index is 9.23. The minimum atomic E-state index is -1.55. The van der Waals surface area contributed by atoms with Gasteiger partial charge in [0.25, 0.3) is 0 Å². The summed E-state index contributed by atoms with van der Waals surface area (Å²) in [5.74, 6) is 0.0427. The Kier molecular flexibility index (Phi) is 2.83.